The van der Waals surface area contributed by atoms with E-state index in [1.807, 2.05) is 48.7 Å². The fraction of sp³-hybridized carbons (Fsp3) is 0.138. The Morgan fingerprint density at radius 2 is 1.47 bits per heavy atom. The molecule has 4 rings (SSSR count). The number of aromatic nitrogens is 1. The van der Waals surface area contributed by atoms with Crippen LogP contribution in [0.5, 0.6) is 0 Å². The van der Waals surface area contributed by atoms with Crippen molar-refractivity contribution in [1.29, 1.82) is 5.41 Å². The minimum Gasteiger partial charge on any atom is -0.320 e. The number of aliphatic imine (C=N–C) groups is 1. The maximum Gasteiger partial charge on any atom is 0.429 e. The van der Waals surface area contributed by atoms with Crippen molar-refractivity contribution in [1.82, 2.24) is 4.57 Å². The molecule has 0 saturated heterocycles. The topological polar surface area (TPSA) is 70.2 Å². The third kappa shape index (κ3) is 6.03. The molecule has 0 aliphatic rings. The van der Waals surface area contributed by atoms with E-state index in [0.717, 1.165) is 17.1 Å². The molecule has 1 heterocycles. The Bertz CT molecular complexity index is 1500. The second-order valence-electron chi connectivity index (χ2n) is 8.66. The van der Waals surface area contributed by atoms with Gasteiger partial charge in [-0.1, -0.05) is 48.0 Å². The summed E-state index contributed by atoms with van der Waals surface area (Å²) in [6.45, 7) is 3.95. The summed E-state index contributed by atoms with van der Waals surface area (Å²) >= 11 is 6.16. The molecule has 1 aromatic heterocycles. The van der Waals surface area contributed by atoms with Gasteiger partial charge in [0.1, 0.15) is 5.71 Å². The van der Waals surface area contributed by atoms with Crippen molar-refractivity contribution in [3.63, 3.8) is 0 Å². The van der Waals surface area contributed by atoms with Crippen LogP contribution in [-0.4, -0.2) is 28.1 Å². The average molecular weight is 537 g/mol. The standard InChI is InChI=1S/C29H24ClF3N4O/c1-18-11-12-19(2)37(18)26-10-6-5-9-24(26)36-28(38)21-15-13-20(14-16-21)25(17-27(34)29(31,32)33)35-23-8-4-3-7-22(23)30/h3-16,34H,17H2,1-2H3,(H,36,38). The molecule has 4 aromatic rings. The quantitative estimate of drug-likeness (QED) is 0.230. The number of alkyl halides is 3. The molecule has 0 radical (unpaired) electrons. The van der Waals surface area contributed by atoms with Gasteiger partial charge in [-0.25, -0.2) is 0 Å². The first-order chi connectivity index (χ1) is 18.0. The first kappa shape index (κ1) is 26.9. The molecular formula is C29H24ClF3N4O. The molecule has 2 N–H and O–H groups in total. The lowest BCUT2D eigenvalue weighted by Gasteiger charge is -2.16. The minimum atomic E-state index is -4.79. The maximum atomic E-state index is 13.1. The van der Waals surface area contributed by atoms with E-state index < -0.39 is 18.3 Å². The van der Waals surface area contributed by atoms with Crippen molar-refractivity contribution in [3.05, 3.63) is 112 Å². The molecule has 194 valence electrons. The largest absolute Gasteiger partial charge is 0.429 e. The third-order valence-electron chi connectivity index (χ3n) is 5.94. The van der Waals surface area contributed by atoms with Crippen LogP contribution in [0.25, 0.3) is 5.69 Å². The van der Waals surface area contributed by atoms with Gasteiger partial charge in [0.05, 0.1) is 27.8 Å². The highest BCUT2D eigenvalue weighted by Crippen LogP contribution is 2.28. The fourth-order valence-electron chi connectivity index (χ4n) is 3.99. The van der Waals surface area contributed by atoms with E-state index in [4.69, 9.17) is 17.0 Å². The Kier molecular flexibility index (Phi) is 7.83. The molecule has 0 aliphatic heterocycles. The predicted molar refractivity (Wildman–Crippen MR) is 146 cm³/mol. The van der Waals surface area contributed by atoms with Gasteiger partial charge in [-0.05, 0) is 67.9 Å². The zero-order chi connectivity index (χ0) is 27.4. The lowest BCUT2D eigenvalue weighted by molar-refractivity contribution is -0.0605. The van der Waals surface area contributed by atoms with Gasteiger partial charge in [0, 0.05) is 23.4 Å². The number of carbonyl (C=O) groups is 1. The summed E-state index contributed by atoms with van der Waals surface area (Å²) in [6, 6.07) is 24.0. The Morgan fingerprint density at radius 1 is 0.895 bits per heavy atom. The minimum absolute atomic E-state index is 0.0105. The number of amides is 1. The molecule has 0 spiro atoms. The van der Waals surface area contributed by atoms with E-state index in [-0.39, 0.29) is 22.3 Å². The summed E-state index contributed by atoms with van der Waals surface area (Å²) in [7, 11) is 0. The molecule has 0 aliphatic carbocycles. The van der Waals surface area contributed by atoms with Gasteiger partial charge in [-0.2, -0.15) is 13.2 Å². The van der Waals surface area contributed by atoms with Crippen LogP contribution in [-0.2, 0) is 0 Å². The number of benzene rings is 3. The van der Waals surface area contributed by atoms with Crippen LogP contribution in [0.3, 0.4) is 0 Å². The van der Waals surface area contributed by atoms with Crippen molar-refractivity contribution in [2.45, 2.75) is 26.4 Å². The number of anilines is 1. The molecule has 0 unspecified atom stereocenters. The van der Waals surface area contributed by atoms with Crippen LogP contribution >= 0.6 is 11.6 Å². The predicted octanol–water partition coefficient (Wildman–Crippen LogP) is 8.09. The van der Waals surface area contributed by atoms with Gasteiger partial charge in [-0.3, -0.25) is 9.79 Å². The van der Waals surface area contributed by atoms with Crippen molar-refractivity contribution < 1.29 is 18.0 Å². The number of halogens is 4. The fourth-order valence-corrected chi connectivity index (χ4v) is 4.17. The summed E-state index contributed by atoms with van der Waals surface area (Å²) in [5.74, 6) is -0.376. The number of nitrogens with zero attached hydrogens (tertiary/aromatic N) is 2. The summed E-state index contributed by atoms with van der Waals surface area (Å²) in [4.78, 5) is 17.4. The van der Waals surface area contributed by atoms with E-state index in [2.05, 4.69) is 10.3 Å². The molecule has 9 heteroatoms. The molecule has 0 atom stereocenters. The number of hydrogen-bond acceptors (Lipinski definition) is 3. The summed E-state index contributed by atoms with van der Waals surface area (Å²) in [6.07, 6.45) is -5.53. The van der Waals surface area contributed by atoms with Gasteiger partial charge in [0.2, 0.25) is 0 Å². The molecule has 1 amide bonds. The van der Waals surface area contributed by atoms with Crippen LogP contribution in [0, 0.1) is 19.3 Å². The first-order valence-electron chi connectivity index (χ1n) is 11.7. The Balaban J connectivity index is 1.62. The van der Waals surface area contributed by atoms with Gasteiger partial charge >= 0.3 is 6.18 Å². The highest BCUT2D eigenvalue weighted by Gasteiger charge is 2.35. The lowest BCUT2D eigenvalue weighted by atomic mass is 10.0. The lowest BCUT2D eigenvalue weighted by Crippen LogP contribution is -2.25. The normalized spacial score (nSPS) is 11.9. The molecule has 3 aromatic carbocycles. The number of rotatable bonds is 7. The summed E-state index contributed by atoms with van der Waals surface area (Å²) in [5, 5.41) is 10.7. The van der Waals surface area contributed by atoms with Crippen LogP contribution < -0.4 is 5.32 Å². The SMILES string of the molecule is Cc1ccc(C)n1-c1ccccc1NC(=O)c1ccc(C(CC(=N)C(F)(F)F)=Nc2ccccc2Cl)cc1. The van der Waals surface area contributed by atoms with E-state index in [1.54, 1.807) is 30.3 Å². The molecule has 5 nitrogen and oxygen atoms in total. The molecule has 0 fully saturated rings. The van der Waals surface area contributed by atoms with Gasteiger partial charge in [-0.15, -0.1) is 0 Å². The summed E-state index contributed by atoms with van der Waals surface area (Å²) < 4.78 is 41.5. The van der Waals surface area contributed by atoms with Crippen LogP contribution in [0.1, 0.15) is 33.7 Å². The van der Waals surface area contributed by atoms with Crippen molar-refractivity contribution in [3.8, 4) is 5.69 Å². The van der Waals surface area contributed by atoms with Crippen molar-refractivity contribution in [2.24, 2.45) is 4.99 Å². The van der Waals surface area contributed by atoms with E-state index in [0.29, 0.717) is 16.8 Å². The van der Waals surface area contributed by atoms with Gasteiger partial charge in [0.25, 0.3) is 5.91 Å². The van der Waals surface area contributed by atoms with Crippen LogP contribution in [0.4, 0.5) is 24.5 Å². The maximum absolute atomic E-state index is 13.1. The average Bonchev–Trinajstić information content (AvgIpc) is 3.22. The molecule has 0 bridgehead atoms. The summed E-state index contributed by atoms with van der Waals surface area (Å²) in [5.41, 5.74) is 2.98. The number of carbonyl (C=O) groups excluding carboxylic acids is 1. The second-order valence-corrected chi connectivity index (χ2v) is 9.07. The molecule has 38 heavy (non-hydrogen) atoms. The third-order valence-corrected chi connectivity index (χ3v) is 6.26. The monoisotopic (exact) mass is 536 g/mol. The number of nitrogens with one attached hydrogen (secondary N) is 2. The Hall–Kier alpha value is -4.17. The highest BCUT2D eigenvalue weighted by atomic mass is 35.5. The van der Waals surface area contributed by atoms with Crippen molar-refractivity contribution >= 4 is 40.3 Å². The zero-order valence-corrected chi connectivity index (χ0v) is 21.4. The van der Waals surface area contributed by atoms with Crippen molar-refractivity contribution in [2.75, 3.05) is 5.32 Å². The van der Waals surface area contributed by atoms with Crippen LogP contribution in [0.2, 0.25) is 5.02 Å². The number of para-hydroxylation sites is 3. The van der Waals surface area contributed by atoms with Gasteiger partial charge in [0.15, 0.2) is 0 Å². The smallest absolute Gasteiger partial charge is 0.320 e. The highest BCUT2D eigenvalue weighted by molar-refractivity contribution is 6.33. The molecule has 0 saturated carbocycles. The van der Waals surface area contributed by atoms with E-state index in [9.17, 15) is 18.0 Å². The number of hydrogen-bond donors (Lipinski definition) is 2. The zero-order valence-electron chi connectivity index (χ0n) is 20.6. The molecular weight excluding hydrogens is 513 g/mol. The second kappa shape index (κ2) is 11.1. The van der Waals surface area contributed by atoms with Crippen LogP contribution in [0.15, 0.2) is 89.9 Å². The first-order valence-corrected chi connectivity index (χ1v) is 12.0. The Labute approximate surface area is 223 Å². The van der Waals surface area contributed by atoms with E-state index in [1.165, 1.54) is 24.3 Å². The van der Waals surface area contributed by atoms with E-state index >= 15 is 0 Å². The number of aryl methyl sites for hydroxylation is 2. The Morgan fingerprint density at radius 3 is 2.11 bits per heavy atom. The van der Waals surface area contributed by atoms with Gasteiger partial charge < -0.3 is 15.3 Å².